The van der Waals surface area contributed by atoms with Crippen molar-refractivity contribution < 1.29 is 26.3 Å². The number of halogens is 6. The molecule has 0 aromatic heterocycles. The minimum Gasteiger partial charge on any atom is -0.203 e. The summed E-state index contributed by atoms with van der Waals surface area (Å²) in [6, 6.07) is 0. The quantitative estimate of drug-likeness (QED) is 0.663. The van der Waals surface area contributed by atoms with Gasteiger partial charge in [-0.05, 0) is 11.5 Å². The highest BCUT2D eigenvalue weighted by molar-refractivity contribution is 8.22. The molecule has 0 aliphatic rings. The number of alkyl halides is 5. The first-order valence-corrected chi connectivity index (χ1v) is 6.25. The van der Waals surface area contributed by atoms with Crippen LogP contribution in [0.5, 0.6) is 0 Å². The van der Waals surface area contributed by atoms with Gasteiger partial charge in [-0.25, -0.2) is 4.39 Å². The molecule has 0 saturated heterocycles. The summed E-state index contributed by atoms with van der Waals surface area (Å²) < 4.78 is 73.4. The molecule has 0 rings (SSSR count). The second-order valence-electron chi connectivity index (χ2n) is 2.54. The lowest BCUT2D eigenvalue weighted by molar-refractivity contribution is -0.270. The fourth-order valence-corrected chi connectivity index (χ4v) is 2.76. The average Bonchev–Trinajstić information content (AvgIpc) is 2.14. The summed E-state index contributed by atoms with van der Waals surface area (Å²) >= 11 is 1.28. The molecule has 0 fully saturated rings. The number of allylic oxidation sites excluding steroid dienone is 1. The SMILES string of the molecule is CCSC(SCC)=C(F)C(F)(F)C(F)(F)F. The van der Waals surface area contributed by atoms with E-state index >= 15 is 0 Å². The van der Waals surface area contributed by atoms with Gasteiger partial charge in [0.25, 0.3) is 0 Å². The van der Waals surface area contributed by atoms with Crippen LogP contribution < -0.4 is 0 Å². The zero-order valence-electron chi connectivity index (χ0n) is 8.50. The fraction of sp³-hybridized carbons (Fsp3) is 0.750. The first kappa shape index (κ1) is 16.0. The highest BCUT2D eigenvalue weighted by Gasteiger charge is 2.62. The Bertz CT molecular complexity index is 250. The lowest BCUT2D eigenvalue weighted by Gasteiger charge is -2.19. The van der Waals surface area contributed by atoms with Gasteiger partial charge in [-0.3, -0.25) is 0 Å². The van der Waals surface area contributed by atoms with Crippen molar-refractivity contribution in [2.45, 2.75) is 25.9 Å². The van der Waals surface area contributed by atoms with Crippen LogP contribution in [0.25, 0.3) is 0 Å². The van der Waals surface area contributed by atoms with Crippen LogP contribution in [-0.4, -0.2) is 23.6 Å². The Balaban J connectivity index is 5.21. The molecular weight excluding hydrogens is 274 g/mol. The van der Waals surface area contributed by atoms with E-state index in [0.29, 0.717) is 23.5 Å². The van der Waals surface area contributed by atoms with Gasteiger partial charge < -0.3 is 0 Å². The molecule has 0 bridgehead atoms. The minimum atomic E-state index is -5.90. The maximum absolute atomic E-state index is 13.1. The molecule has 0 heterocycles. The van der Waals surface area contributed by atoms with E-state index < -0.39 is 22.2 Å². The number of hydrogen-bond donors (Lipinski definition) is 0. The van der Waals surface area contributed by atoms with Gasteiger partial charge in [-0.2, -0.15) is 22.0 Å². The molecule has 0 aliphatic heterocycles. The van der Waals surface area contributed by atoms with Gasteiger partial charge in [0.1, 0.15) is 0 Å². The van der Waals surface area contributed by atoms with E-state index in [1.807, 2.05) is 0 Å². The van der Waals surface area contributed by atoms with Crippen LogP contribution in [0.2, 0.25) is 0 Å². The summed E-state index contributed by atoms with van der Waals surface area (Å²) in [7, 11) is 0. The second kappa shape index (κ2) is 6.09. The maximum atomic E-state index is 13.1. The molecule has 0 spiro atoms. The summed E-state index contributed by atoms with van der Waals surface area (Å²) in [6.07, 6.45) is -5.90. The number of thioether (sulfide) groups is 2. The Morgan fingerprint density at radius 1 is 0.938 bits per heavy atom. The van der Waals surface area contributed by atoms with Crippen LogP contribution in [0, 0.1) is 0 Å². The van der Waals surface area contributed by atoms with Crippen LogP contribution in [0.1, 0.15) is 13.8 Å². The lowest BCUT2D eigenvalue weighted by Crippen LogP contribution is -2.37. The predicted octanol–water partition coefficient (Wildman–Crippen LogP) is 4.83. The topological polar surface area (TPSA) is 0 Å². The standard InChI is InChI=1S/C8H10F6S2/c1-3-15-6(16-4-2)5(9)7(10,11)8(12,13)14/h3-4H2,1-2H3. The highest BCUT2D eigenvalue weighted by Crippen LogP contribution is 2.46. The van der Waals surface area contributed by atoms with Crippen molar-refractivity contribution in [3.8, 4) is 0 Å². The zero-order valence-corrected chi connectivity index (χ0v) is 10.1. The summed E-state index contributed by atoms with van der Waals surface area (Å²) in [5.41, 5.74) is 0. The molecule has 8 heteroatoms. The Morgan fingerprint density at radius 3 is 1.56 bits per heavy atom. The molecule has 16 heavy (non-hydrogen) atoms. The van der Waals surface area contributed by atoms with E-state index in [-0.39, 0.29) is 11.5 Å². The third-order valence-electron chi connectivity index (χ3n) is 1.36. The van der Waals surface area contributed by atoms with E-state index in [1.54, 1.807) is 13.8 Å². The van der Waals surface area contributed by atoms with Crippen LogP contribution in [-0.2, 0) is 0 Å². The molecular formula is C8H10F6S2. The average molecular weight is 284 g/mol. The lowest BCUT2D eigenvalue weighted by atomic mass is 10.3. The molecule has 0 atom stereocenters. The van der Waals surface area contributed by atoms with E-state index in [1.165, 1.54) is 0 Å². The molecule has 0 aliphatic carbocycles. The molecule has 0 aromatic carbocycles. The van der Waals surface area contributed by atoms with Gasteiger partial charge in [-0.15, -0.1) is 23.5 Å². The fourth-order valence-electron chi connectivity index (χ4n) is 0.683. The van der Waals surface area contributed by atoms with E-state index in [9.17, 15) is 26.3 Å². The van der Waals surface area contributed by atoms with E-state index in [4.69, 9.17) is 0 Å². The van der Waals surface area contributed by atoms with Crippen molar-refractivity contribution >= 4 is 23.5 Å². The Morgan fingerprint density at radius 2 is 1.31 bits per heavy atom. The smallest absolute Gasteiger partial charge is 0.203 e. The van der Waals surface area contributed by atoms with Gasteiger partial charge in [0, 0.05) is 0 Å². The van der Waals surface area contributed by atoms with E-state index in [0.717, 1.165) is 0 Å². The molecule has 0 nitrogen and oxygen atoms in total. The van der Waals surface area contributed by atoms with Crippen LogP contribution in [0.4, 0.5) is 26.3 Å². The molecule has 0 unspecified atom stereocenters. The van der Waals surface area contributed by atoms with Crippen molar-refractivity contribution in [1.82, 2.24) is 0 Å². The van der Waals surface area contributed by atoms with Crippen LogP contribution >= 0.6 is 23.5 Å². The van der Waals surface area contributed by atoms with Crippen LogP contribution in [0.15, 0.2) is 10.1 Å². The largest absolute Gasteiger partial charge is 0.460 e. The van der Waals surface area contributed by atoms with Gasteiger partial charge in [0.2, 0.25) is 0 Å². The van der Waals surface area contributed by atoms with Crippen molar-refractivity contribution in [2.75, 3.05) is 11.5 Å². The van der Waals surface area contributed by atoms with Crippen molar-refractivity contribution in [3.05, 3.63) is 10.1 Å². The molecule has 0 saturated carbocycles. The molecule has 96 valence electrons. The first-order valence-electron chi connectivity index (χ1n) is 4.28. The van der Waals surface area contributed by atoms with Gasteiger partial charge in [0.05, 0.1) is 4.24 Å². The van der Waals surface area contributed by atoms with Gasteiger partial charge in [0.15, 0.2) is 5.83 Å². The van der Waals surface area contributed by atoms with Crippen molar-refractivity contribution in [1.29, 1.82) is 0 Å². The van der Waals surface area contributed by atoms with Crippen molar-refractivity contribution in [2.24, 2.45) is 0 Å². The third kappa shape index (κ3) is 3.80. The number of hydrogen-bond acceptors (Lipinski definition) is 2. The monoisotopic (exact) mass is 284 g/mol. The van der Waals surface area contributed by atoms with E-state index in [2.05, 4.69) is 0 Å². The van der Waals surface area contributed by atoms with Gasteiger partial charge >= 0.3 is 12.1 Å². The van der Waals surface area contributed by atoms with Crippen LogP contribution in [0.3, 0.4) is 0 Å². The van der Waals surface area contributed by atoms with Gasteiger partial charge in [-0.1, -0.05) is 13.8 Å². The Hall–Kier alpha value is 0.0200. The zero-order chi connectivity index (χ0) is 13.0. The third-order valence-corrected chi connectivity index (χ3v) is 3.53. The predicted molar refractivity (Wildman–Crippen MR) is 55.4 cm³/mol. The summed E-state index contributed by atoms with van der Waals surface area (Å²) in [5, 5.41) is 0. The summed E-state index contributed by atoms with van der Waals surface area (Å²) in [6.45, 7) is 3.08. The molecule has 0 radical (unpaired) electrons. The van der Waals surface area contributed by atoms with Crippen molar-refractivity contribution in [3.63, 3.8) is 0 Å². The second-order valence-corrected chi connectivity index (χ2v) is 5.35. The Kier molecular flexibility index (Phi) is 6.10. The minimum absolute atomic E-state index is 0.226. The summed E-state index contributed by atoms with van der Waals surface area (Å²) in [5.74, 6) is -7.36. The highest BCUT2D eigenvalue weighted by atomic mass is 32.2. The Labute approximate surface area is 97.8 Å². The normalized spacial score (nSPS) is 12.8. The molecule has 0 aromatic rings. The maximum Gasteiger partial charge on any atom is 0.460 e. The number of rotatable bonds is 5. The molecule has 0 amide bonds. The molecule has 0 N–H and O–H groups in total. The first-order chi connectivity index (χ1) is 7.18. The summed E-state index contributed by atoms with van der Waals surface area (Å²) in [4.78, 5) is 0.